The second kappa shape index (κ2) is 9.72. The van der Waals surface area contributed by atoms with Crippen LogP contribution in [0.15, 0.2) is 36.9 Å². The minimum atomic E-state index is -1.22. The smallest absolute Gasteiger partial charge is 0.328 e. The average Bonchev–Trinajstić information content (AvgIpc) is 2.58. The summed E-state index contributed by atoms with van der Waals surface area (Å²) >= 11 is 0. The van der Waals surface area contributed by atoms with Gasteiger partial charge in [-0.1, -0.05) is 39.0 Å². The Morgan fingerprint density at radius 3 is 2.35 bits per heavy atom. The highest BCUT2D eigenvalue weighted by Crippen LogP contribution is 2.22. The minimum absolute atomic E-state index is 0.0194. The van der Waals surface area contributed by atoms with E-state index in [1.165, 1.54) is 6.08 Å². The van der Waals surface area contributed by atoms with Gasteiger partial charge in [0.15, 0.2) is 6.04 Å². The van der Waals surface area contributed by atoms with Crippen molar-refractivity contribution in [3.05, 3.63) is 48.0 Å². The van der Waals surface area contributed by atoms with Crippen molar-refractivity contribution in [1.82, 2.24) is 10.6 Å². The van der Waals surface area contributed by atoms with E-state index >= 15 is 0 Å². The van der Waals surface area contributed by atoms with Crippen molar-refractivity contribution in [2.45, 2.75) is 32.2 Å². The number of carboxylic acids is 1. The monoisotopic (exact) mass is 362 g/mol. The Bertz CT molecular complexity index is 647. The molecule has 1 unspecified atom stereocenters. The van der Waals surface area contributed by atoms with Crippen molar-refractivity contribution in [3.8, 4) is 0 Å². The van der Waals surface area contributed by atoms with Crippen LogP contribution < -0.4 is 10.6 Å². The number of amides is 2. The number of hydrogen-bond donors (Lipinski definition) is 3. The van der Waals surface area contributed by atoms with Crippen LogP contribution in [0.3, 0.4) is 0 Å². The third-order valence-electron chi connectivity index (χ3n) is 3.58. The van der Waals surface area contributed by atoms with E-state index in [2.05, 4.69) is 38.0 Å². The minimum Gasteiger partial charge on any atom is -0.480 e. The summed E-state index contributed by atoms with van der Waals surface area (Å²) in [6.07, 6.45) is 1.48. The second-order valence-electron chi connectivity index (χ2n) is 6.79. The van der Waals surface area contributed by atoms with Crippen LogP contribution in [0, 0.1) is 0 Å². The molecular formula is C19H26N2O5. The van der Waals surface area contributed by atoms with Crippen molar-refractivity contribution >= 4 is 17.8 Å². The van der Waals surface area contributed by atoms with Gasteiger partial charge >= 0.3 is 5.97 Å². The number of ether oxygens (including phenoxy) is 1. The van der Waals surface area contributed by atoms with Crippen LogP contribution in [0.5, 0.6) is 0 Å². The summed E-state index contributed by atoms with van der Waals surface area (Å²) in [4.78, 5) is 35.0. The molecule has 1 aromatic rings. The lowest BCUT2D eigenvalue weighted by Crippen LogP contribution is -2.47. The SMILES string of the molecule is C=CCOCC(NC(=O)CNC(=O)c1ccc(C(C)(C)C)cc1)C(=O)O. The number of nitrogens with one attached hydrogen (secondary N) is 2. The van der Waals surface area contributed by atoms with Crippen molar-refractivity contribution < 1.29 is 24.2 Å². The zero-order valence-corrected chi connectivity index (χ0v) is 15.4. The van der Waals surface area contributed by atoms with Crippen LogP contribution >= 0.6 is 0 Å². The standard InChI is InChI=1S/C19H26N2O5/c1-5-10-26-12-15(18(24)25)21-16(22)11-20-17(23)13-6-8-14(9-7-13)19(2,3)4/h5-9,15H,1,10-12H2,2-4H3,(H,20,23)(H,21,22)(H,24,25). The van der Waals surface area contributed by atoms with Crippen LogP contribution in [0.2, 0.25) is 0 Å². The molecule has 1 aromatic carbocycles. The lowest BCUT2D eigenvalue weighted by atomic mass is 9.87. The van der Waals surface area contributed by atoms with Gasteiger partial charge in [0.2, 0.25) is 5.91 Å². The van der Waals surface area contributed by atoms with Gasteiger partial charge in [-0.2, -0.15) is 0 Å². The quantitative estimate of drug-likeness (QED) is 0.456. The first-order valence-corrected chi connectivity index (χ1v) is 8.24. The van der Waals surface area contributed by atoms with E-state index in [1.54, 1.807) is 12.1 Å². The molecule has 0 radical (unpaired) electrons. The molecule has 0 aromatic heterocycles. The summed E-state index contributed by atoms with van der Waals surface area (Å²) in [7, 11) is 0. The molecule has 0 aliphatic carbocycles. The molecular weight excluding hydrogens is 336 g/mol. The molecule has 3 N–H and O–H groups in total. The number of carboxylic acid groups (broad SMARTS) is 1. The predicted octanol–water partition coefficient (Wildman–Crippen LogP) is 1.49. The van der Waals surface area contributed by atoms with Gasteiger partial charge in [-0.05, 0) is 23.1 Å². The van der Waals surface area contributed by atoms with E-state index in [1.807, 2.05) is 12.1 Å². The van der Waals surface area contributed by atoms with E-state index in [0.29, 0.717) is 5.56 Å². The summed E-state index contributed by atoms with van der Waals surface area (Å²) in [5.74, 6) is -2.24. The van der Waals surface area contributed by atoms with Gasteiger partial charge in [0.1, 0.15) is 0 Å². The Morgan fingerprint density at radius 2 is 1.85 bits per heavy atom. The molecule has 7 nitrogen and oxygen atoms in total. The van der Waals surface area contributed by atoms with Gasteiger partial charge in [0.25, 0.3) is 5.91 Å². The fourth-order valence-corrected chi connectivity index (χ4v) is 2.07. The Balaban J connectivity index is 2.53. The molecule has 1 atom stereocenters. The number of carbonyl (C=O) groups is 3. The van der Waals surface area contributed by atoms with Crippen LogP contribution in [0.1, 0.15) is 36.7 Å². The summed E-state index contributed by atoms with van der Waals surface area (Å²) in [6.45, 7) is 9.34. The Kier molecular flexibility index (Phi) is 7.99. The normalized spacial score (nSPS) is 12.1. The molecule has 2 amide bonds. The van der Waals surface area contributed by atoms with Gasteiger partial charge in [0.05, 0.1) is 19.8 Å². The summed E-state index contributed by atoms with van der Waals surface area (Å²) < 4.78 is 5.04. The number of carbonyl (C=O) groups excluding carboxylic acids is 2. The van der Waals surface area contributed by atoms with E-state index in [0.717, 1.165) is 5.56 Å². The largest absolute Gasteiger partial charge is 0.480 e. The predicted molar refractivity (Wildman–Crippen MR) is 98.1 cm³/mol. The third kappa shape index (κ3) is 7.06. The van der Waals surface area contributed by atoms with Crippen molar-refractivity contribution in [2.24, 2.45) is 0 Å². The maximum absolute atomic E-state index is 12.1. The van der Waals surface area contributed by atoms with Crippen LogP contribution in [-0.4, -0.2) is 48.7 Å². The highest BCUT2D eigenvalue weighted by atomic mass is 16.5. The summed E-state index contributed by atoms with van der Waals surface area (Å²) in [5, 5.41) is 13.8. The molecule has 0 aliphatic heterocycles. The Morgan fingerprint density at radius 1 is 1.23 bits per heavy atom. The molecule has 0 bridgehead atoms. The molecule has 0 saturated carbocycles. The molecule has 0 spiro atoms. The highest BCUT2D eigenvalue weighted by Gasteiger charge is 2.20. The van der Waals surface area contributed by atoms with Crippen LogP contribution in [0.4, 0.5) is 0 Å². The van der Waals surface area contributed by atoms with E-state index < -0.39 is 23.8 Å². The number of aliphatic carboxylic acids is 1. The van der Waals surface area contributed by atoms with Gasteiger partial charge in [0, 0.05) is 5.56 Å². The average molecular weight is 362 g/mol. The lowest BCUT2D eigenvalue weighted by molar-refractivity contribution is -0.143. The molecule has 142 valence electrons. The van der Waals surface area contributed by atoms with E-state index in [4.69, 9.17) is 9.84 Å². The van der Waals surface area contributed by atoms with E-state index in [9.17, 15) is 14.4 Å². The number of rotatable bonds is 9. The molecule has 0 heterocycles. The topological polar surface area (TPSA) is 105 Å². The van der Waals surface area contributed by atoms with Crippen molar-refractivity contribution in [1.29, 1.82) is 0 Å². The second-order valence-corrected chi connectivity index (χ2v) is 6.79. The summed E-state index contributed by atoms with van der Waals surface area (Å²) in [6, 6.07) is 5.93. The number of hydrogen-bond acceptors (Lipinski definition) is 4. The van der Waals surface area contributed by atoms with Gasteiger partial charge in [-0.3, -0.25) is 9.59 Å². The highest BCUT2D eigenvalue weighted by molar-refractivity contribution is 5.96. The van der Waals surface area contributed by atoms with Crippen LogP contribution in [0.25, 0.3) is 0 Å². The number of benzene rings is 1. The first-order chi connectivity index (χ1) is 12.1. The van der Waals surface area contributed by atoms with Gasteiger partial charge in [-0.15, -0.1) is 6.58 Å². The molecule has 1 rings (SSSR count). The molecule has 0 aliphatic rings. The first kappa shape index (κ1) is 21.4. The molecule has 0 fully saturated rings. The lowest BCUT2D eigenvalue weighted by Gasteiger charge is -2.19. The Hall–Kier alpha value is -2.67. The molecule has 7 heteroatoms. The molecule has 26 heavy (non-hydrogen) atoms. The van der Waals surface area contributed by atoms with Gasteiger partial charge < -0.3 is 20.5 Å². The van der Waals surface area contributed by atoms with E-state index in [-0.39, 0.29) is 25.2 Å². The Labute approximate surface area is 153 Å². The maximum atomic E-state index is 12.1. The van der Waals surface area contributed by atoms with Crippen molar-refractivity contribution in [2.75, 3.05) is 19.8 Å². The fraction of sp³-hybridized carbons (Fsp3) is 0.421. The zero-order chi connectivity index (χ0) is 19.7. The third-order valence-corrected chi connectivity index (χ3v) is 3.58. The summed E-state index contributed by atoms with van der Waals surface area (Å²) in [5.41, 5.74) is 1.50. The first-order valence-electron chi connectivity index (χ1n) is 8.24. The van der Waals surface area contributed by atoms with Gasteiger partial charge in [-0.25, -0.2) is 4.79 Å². The maximum Gasteiger partial charge on any atom is 0.328 e. The van der Waals surface area contributed by atoms with Crippen LogP contribution in [-0.2, 0) is 19.7 Å². The molecule has 0 saturated heterocycles. The zero-order valence-electron chi connectivity index (χ0n) is 15.4. The van der Waals surface area contributed by atoms with Crippen molar-refractivity contribution in [3.63, 3.8) is 0 Å². The fourth-order valence-electron chi connectivity index (χ4n) is 2.07.